The van der Waals surface area contributed by atoms with E-state index in [2.05, 4.69) is 44.6 Å². The third-order valence-corrected chi connectivity index (χ3v) is 8.85. The monoisotopic (exact) mass is 582 g/mol. The molecule has 0 saturated heterocycles. The number of fused-ring (bicyclic) bond motifs is 1. The van der Waals surface area contributed by atoms with E-state index in [1.54, 1.807) is 25.3 Å². The summed E-state index contributed by atoms with van der Waals surface area (Å²) in [5, 5.41) is 19.2. The first-order chi connectivity index (χ1) is 19.6. The van der Waals surface area contributed by atoms with Gasteiger partial charge in [-0.1, -0.05) is 31.0 Å². The molecular weight excluding hydrogens is 553 g/mol. The van der Waals surface area contributed by atoms with Gasteiger partial charge < -0.3 is 16.1 Å². The standard InChI is InChI=1S/C29H30ClF3N8/c1-16-19(4-5-23(31)37-16)26(22-14-41(40-39-22)29(8-9-29)27(32)33)38-18-10-20-24(36-15-28(2)6-3-7-28)17(12-34)13-35-25(20)21(30)11-18/h4-5,10-11,13-14,26-27,38-40H,3,6-9,15H2,1-2H3,(H,35,36)/t26-/m0/s1. The SMILES string of the molecule is Cc1nc(F)ccc1[C@H](Nc1cc(Cl)c2ncc(C#N)c(NCC3(C)CCC3)c2c1)C1=CN(C2(C(F)F)CC2)NN1. The van der Waals surface area contributed by atoms with Gasteiger partial charge in [-0.15, -0.1) is 5.53 Å². The van der Waals surface area contributed by atoms with E-state index in [1.165, 1.54) is 23.7 Å². The zero-order valence-electron chi connectivity index (χ0n) is 22.7. The van der Waals surface area contributed by atoms with Crippen LogP contribution in [0.15, 0.2) is 42.4 Å². The van der Waals surface area contributed by atoms with Gasteiger partial charge in [0.25, 0.3) is 6.43 Å². The Morgan fingerprint density at radius 3 is 2.63 bits per heavy atom. The van der Waals surface area contributed by atoms with Crippen LogP contribution in [-0.2, 0) is 0 Å². The van der Waals surface area contributed by atoms with E-state index in [0.717, 1.165) is 12.8 Å². The molecule has 1 aromatic carbocycles. The molecule has 12 heteroatoms. The molecule has 2 aromatic heterocycles. The average molecular weight is 583 g/mol. The summed E-state index contributed by atoms with van der Waals surface area (Å²) >= 11 is 6.72. The molecule has 0 radical (unpaired) electrons. The summed E-state index contributed by atoms with van der Waals surface area (Å²) in [6.07, 6.45) is 4.76. The Bertz CT molecular complexity index is 1580. The zero-order valence-corrected chi connectivity index (χ0v) is 23.4. The Hall–Kier alpha value is -3.75. The van der Waals surface area contributed by atoms with Gasteiger partial charge in [0.05, 0.1) is 33.5 Å². The number of anilines is 2. The second-order valence-electron chi connectivity index (χ2n) is 11.5. The van der Waals surface area contributed by atoms with Crippen molar-refractivity contribution in [1.29, 1.82) is 5.26 Å². The van der Waals surface area contributed by atoms with Crippen molar-refractivity contribution in [3.05, 3.63) is 70.2 Å². The van der Waals surface area contributed by atoms with Crippen LogP contribution >= 0.6 is 11.6 Å². The fraction of sp³-hybridized carbons (Fsp3) is 0.414. The van der Waals surface area contributed by atoms with Crippen molar-refractivity contribution in [2.24, 2.45) is 5.41 Å². The number of hydrazine groups is 2. The van der Waals surface area contributed by atoms with Gasteiger partial charge in [0, 0.05) is 41.3 Å². The highest BCUT2D eigenvalue weighted by Crippen LogP contribution is 2.47. The minimum absolute atomic E-state index is 0.164. The average Bonchev–Trinajstić information content (AvgIpc) is 3.60. The third kappa shape index (κ3) is 5.00. The van der Waals surface area contributed by atoms with Crippen molar-refractivity contribution in [2.45, 2.75) is 64.0 Å². The third-order valence-electron chi connectivity index (χ3n) is 8.56. The van der Waals surface area contributed by atoms with Gasteiger partial charge in [-0.05, 0) is 56.2 Å². The topological polar surface area (TPSA) is 101 Å². The van der Waals surface area contributed by atoms with Crippen LogP contribution < -0.4 is 21.6 Å². The lowest BCUT2D eigenvalue weighted by Crippen LogP contribution is -2.48. The van der Waals surface area contributed by atoms with Gasteiger partial charge in [0.1, 0.15) is 11.6 Å². The van der Waals surface area contributed by atoms with Crippen molar-refractivity contribution >= 4 is 33.9 Å². The van der Waals surface area contributed by atoms with Crippen LogP contribution in [0.4, 0.5) is 24.5 Å². The highest BCUT2D eigenvalue weighted by Gasteiger charge is 2.56. The molecule has 0 spiro atoms. The summed E-state index contributed by atoms with van der Waals surface area (Å²) in [6.45, 7) is 4.63. The second kappa shape index (κ2) is 10.3. The Morgan fingerprint density at radius 2 is 2.00 bits per heavy atom. The van der Waals surface area contributed by atoms with E-state index in [0.29, 0.717) is 69.2 Å². The molecule has 3 aliphatic rings. The largest absolute Gasteiger partial charge is 0.383 e. The molecule has 41 heavy (non-hydrogen) atoms. The zero-order chi connectivity index (χ0) is 28.9. The van der Waals surface area contributed by atoms with Crippen LogP contribution in [0.3, 0.4) is 0 Å². The van der Waals surface area contributed by atoms with Crippen molar-refractivity contribution in [3.63, 3.8) is 0 Å². The van der Waals surface area contributed by atoms with Gasteiger partial charge in [-0.25, -0.2) is 13.8 Å². The molecule has 0 unspecified atom stereocenters. The maximum absolute atomic E-state index is 13.9. The first kappa shape index (κ1) is 27.4. The van der Waals surface area contributed by atoms with Gasteiger partial charge in [0.15, 0.2) is 0 Å². The number of rotatable bonds is 9. The molecule has 1 atom stereocenters. The fourth-order valence-corrected chi connectivity index (χ4v) is 5.89. The second-order valence-corrected chi connectivity index (χ2v) is 11.9. The molecule has 8 nitrogen and oxygen atoms in total. The fourth-order valence-electron chi connectivity index (χ4n) is 5.62. The van der Waals surface area contributed by atoms with Crippen LogP contribution in [0, 0.1) is 29.6 Å². The number of halogens is 4. The van der Waals surface area contributed by atoms with Gasteiger partial charge in [-0.2, -0.15) is 9.65 Å². The molecule has 2 aliphatic carbocycles. The summed E-state index contributed by atoms with van der Waals surface area (Å²) in [7, 11) is 0. The molecule has 6 rings (SSSR count). The first-order valence-corrected chi connectivity index (χ1v) is 14.0. The normalized spacial score (nSPS) is 19.3. The summed E-state index contributed by atoms with van der Waals surface area (Å²) < 4.78 is 41.6. The van der Waals surface area contributed by atoms with Crippen LogP contribution in [0.1, 0.15) is 61.9 Å². The van der Waals surface area contributed by atoms with Crippen LogP contribution in [0.2, 0.25) is 5.02 Å². The molecule has 4 N–H and O–H groups in total. The highest BCUT2D eigenvalue weighted by molar-refractivity contribution is 6.35. The minimum Gasteiger partial charge on any atom is -0.383 e. The molecule has 2 fully saturated rings. The van der Waals surface area contributed by atoms with Crippen molar-refractivity contribution < 1.29 is 13.2 Å². The number of nitrogens with zero attached hydrogens (tertiary/aromatic N) is 4. The summed E-state index contributed by atoms with van der Waals surface area (Å²) in [6, 6.07) is 8.07. The highest BCUT2D eigenvalue weighted by atomic mass is 35.5. The van der Waals surface area contributed by atoms with Crippen LogP contribution in [0.5, 0.6) is 0 Å². The van der Waals surface area contributed by atoms with Gasteiger partial charge >= 0.3 is 0 Å². The maximum atomic E-state index is 13.9. The first-order valence-electron chi connectivity index (χ1n) is 13.6. The Balaban J connectivity index is 1.40. The number of aromatic nitrogens is 2. The molecule has 214 valence electrons. The summed E-state index contributed by atoms with van der Waals surface area (Å²) in [5.41, 5.74) is 8.62. The molecule has 0 amide bonds. The molecule has 2 saturated carbocycles. The number of benzene rings is 1. The van der Waals surface area contributed by atoms with Crippen molar-refractivity contribution in [2.75, 3.05) is 17.2 Å². The Morgan fingerprint density at radius 1 is 1.22 bits per heavy atom. The number of aryl methyl sites for hydroxylation is 1. The molecule has 1 aliphatic heterocycles. The van der Waals surface area contributed by atoms with E-state index >= 15 is 0 Å². The van der Waals surface area contributed by atoms with Gasteiger partial charge in [0.2, 0.25) is 5.95 Å². The predicted molar refractivity (Wildman–Crippen MR) is 151 cm³/mol. The van der Waals surface area contributed by atoms with Crippen LogP contribution in [-0.4, -0.2) is 33.5 Å². The number of alkyl halides is 2. The van der Waals surface area contributed by atoms with E-state index in [-0.39, 0.29) is 5.41 Å². The minimum atomic E-state index is -2.53. The number of nitriles is 1. The molecular formula is C29H30ClF3N8. The summed E-state index contributed by atoms with van der Waals surface area (Å²) in [5.74, 6) is -0.618. The Labute approximate surface area is 240 Å². The number of pyridine rings is 2. The van der Waals surface area contributed by atoms with E-state index in [1.807, 2.05) is 6.07 Å². The lowest BCUT2D eigenvalue weighted by atomic mass is 9.70. The summed E-state index contributed by atoms with van der Waals surface area (Å²) in [4.78, 5) is 8.43. The quantitative estimate of drug-likeness (QED) is 0.217. The molecule has 3 heterocycles. The maximum Gasteiger partial charge on any atom is 0.262 e. The lowest BCUT2D eigenvalue weighted by Gasteiger charge is -2.38. The number of nitrogens with one attached hydrogen (secondary N) is 4. The number of hydrogen-bond donors (Lipinski definition) is 4. The van der Waals surface area contributed by atoms with E-state index in [9.17, 15) is 18.4 Å². The van der Waals surface area contributed by atoms with Crippen molar-refractivity contribution in [3.8, 4) is 6.07 Å². The van der Waals surface area contributed by atoms with E-state index < -0.39 is 24.0 Å². The Kier molecular flexibility index (Phi) is 6.86. The lowest BCUT2D eigenvalue weighted by molar-refractivity contribution is 0.00911. The van der Waals surface area contributed by atoms with Crippen LogP contribution in [0.25, 0.3) is 10.9 Å². The van der Waals surface area contributed by atoms with E-state index in [4.69, 9.17) is 11.6 Å². The number of hydrogen-bond acceptors (Lipinski definition) is 8. The predicted octanol–water partition coefficient (Wildman–Crippen LogP) is 6.32. The molecule has 3 aromatic rings. The smallest absolute Gasteiger partial charge is 0.262 e. The van der Waals surface area contributed by atoms with Crippen molar-refractivity contribution in [1.82, 2.24) is 25.9 Å². The van der Waals surface area contributed by atoms with Gasteiger partial charge in [-0.3, -0.25) is 9.99 Å². The molecule has 0 bridgehead atoms.